The number of hydrogen-bond acceptors (Lipinski definition) is 3. The Morgan fingerprint density at radius 3 is 2.59 bits per heavy atom. The molecule has 1 aliphatic heterocycles. The lowest BCUT2D eigenvalue weighted by Crippen LogP contribution is -2.46. The predicted molar refractivity (Wildman–Crippen MR) is 109 cm³/mol. The minimum absolute atomic E-state index is 0.0532. The summed E-state index contributed by atoms with van der Waals surface area (Å²) in [7, 11) is 1.73. The third kappa shape index (κ3) is 7.03. The first kappa shape index (κ1) is 21.5. The van der Waals surface area contributed by atoms with Crippen molar-refractivity contribution in [3.8, 4) is 0 Å². The molecule has 2 rings (SSSR count). The monoisotopic (exact) mass is 379 g/mol. The Balaban J connectivity index is 1.69. The van der Waals surface area contributed by atoms with Gasteiger partial charge in [0, 0.05) is 51.1 Å². The van der Waals surface area contributed by atoms with Crippen LogP contribution in [-0.4, -0.2) is 61.4 Å². The van der Waals surface area contributed by atoms with Gasteiger partial charge >= 0.3 is 0 Å². The highest BCUT2D eigenvalue weighted by Gasteiger charge is 2.31. The molecule has 1 saturated heterocycles. The van der Waals surface area contributed by atoms with Crippen LogP contribution in [0.4, 0.5) is 0 Å². The van der Waals surface area contributed by atoms with Crippen LogP contribution >= 0.6 is 0 Å². The second-order valence-corrected chi connectivity index (χ2v) is 7.87. The van der Waals surface area contributed by atoms with Crippen molar-refractivity contribution < 1.29 is 9.59 Å². The Morgan fingerprint density at radius 2 is 1.93 bits per heavy atom. The highest BCUT2D eigenvalue weighted by Crippen LogP contribution is 2.26. The molecule has 0 aromatic rings. The number of likely N-dealkylation sites (tertiary alicyclic amines) is 1. The Kier molecular flexibility index (Phi) is 8.88. The van der Waals surface area contributed by atoms with Crippen molar-refractivity contribution in [3.05, 3.63) is 0 Å². The summed E-state index contributed by atoms with van der Waals surface area (Å²) >= 11 is 0. The summed E-state index contributed by atoms with van der Waals surface area (Å²) < 4.78 is 0. The quantitative estimate of drug-likeness (QED) is 0.464. The SMILES string of the molecule is CCC(C)NC(=O)CCNC(=NC)NC1CCN(C(=O)C2CCCCC2)C1. The van der Waals surface area contributed by atoms with Crippen LogP contribution in [0.5, 0.6) is 0 Å². The molecule has 3 N–H and O–H groups in total. The van der Waals surface area contributed by atoms with Crippen LogP contribution in [0.1, 0.15) is 65.2 Å². The number of rotatable bonds is 7. The molecular formula is C20H37N5O2. The van der Waals surface area contributed by atoms with E-state index in [1.165, 1.54) is 19.3 Å². The van der Waals surface area contributed by atoms with Crippen molar-refractivity contribution in [2.45, 2.75) is 77.3 Å². The van der Waals surface area contributed by atoms with E-state index in [1.54, 1.807) is 7.05 Å². The molecule has 154 valence electrons. The van der Waals surface area contributed by atoms with E-state index in [-0.39, 0.29) is 23.9 Å². The van der Waals surface area contributed by atoms with Gasteiger partial charge < -0.3 is 20.9 Å². The first-order valence-electron chi connectivity index (χ1n) is 10.6. The fourth-order valence-corrected chi connectivity index (χ4v) is 3.82. The zero-order valence-electron chi connectivity index (χ0n) is 17.2. The summed E-state index contributed by atoms with van der Waals surface area (Å²) in [5.41, 5.74) is 0. The number of nitrogens with one attached hydrogen (secondary N) is 3. The fraction of sp³-hybridized carbons (Fsp3) is 0.850. The Labute approximate surface area is 163 Å². The molecular weight excluding hydrogens is 342 g/mol. The molecule has 7 heteroatoms. The Bertz CT molecular complexity index is 517. The van der Waals surface area contributed by atoms with E-state index in [9.17, 15) is 9.59 Å². The Hall–Kier alpha value is -1.79. The van der Waals surface area contributed by atoms with Crippen LogP contribution in [0.2, 0.25) is 0 Å². The average Bonchev–Trinajstić information content (AvgIpc) is 3.15. The van der Waals surface area contributed by atoms with E-state index in [2.05, 4.69) is 27.9 Å². The van der Waals surface area contributed by atoms with Gasteiger partial charge in [-0.2, -0.15) is 0 Å². The van der Waals surface area contributed by atoms with E-state index in [0.717, 1.165) is 38.8 Å². The molecule has 2 amide bonds. The minimum atomic E-state index is 0.0532. The van der Waals surface area contributed by atoms with Gasteiger partial charge in [-0.3, -0.25) is 14.6 Å². The second kappa shape index (κ2) is 11.1. The van der Waals surface area contributed by atoms with Gasteiger partial charge in [-0.1, -0.05) is 26.2 Å². The second-order valence-electron chi connectivity index (χ2n) is 7.87. The highest BCUT2D eigenvalue weighted by atomic mass is 16.2. The van der Waals surface area contributed by atoms with Crippen LogP contribution in [0.15, 0.2) is 4.99 Å². The van der Waals surface area contributed by atoms with Crippen LogP contribution in [0.25, 0.3) is 0 Å². The molecule has 2 aliphatic rings. The summed E-state index contributed by atoms with van der Waals surface area (Å²) in [6, 6.07) is 0.429. The van der Waals surface area contributed by atoms with E-state index >= 15 is 0 Å². The van der Waals surface area contributed by atoms with Gasteiger partial charge in [-0.25, -0.2) is 0 Å². The van der Waals surface area contributed by atoms with Crippen molar-refractivity contribution in [1.82, 2.24) is 20.9 Å². The van der Waals surface area contributed by atoms with E-state index in [0.29, 0.717) is 24.8 Å². The molecule has 0 aromatic heterocycles. The standard InChI is InChI=1S/C20H37N5O2/c1-4-15(2)23-18(26)10-12-22-20(21-3)24-17-11-13-25(14-17)19(27)16-8-6-5-7-9-16/h15-17H,4-14H2,1-3H3,(H,23,26)(H2,21,22,24). The number of carbonyl (C=O) groups is 2. The third-order valence-corrected chi connectivity index (χ3v) is 5.68. The molecule has 1 heterocycles. The summed E-state index contributed by atoms with van der Waals surface area (Å²) in [5, 5.41) is 9.55. The van der Waals surface area contributed by atoms with Gasteiger partial charge in [-0.15, -0.1) is 0 Å². The maximum atomic E-state index is 12.7. The lowest BCUT2D eigenvalue weighted by Gasteiger charge is -2.26. The normalized spacial score (nSPS) is 22.4. The van der Waals surface area contributed by atoms with Gasteiger partial charge in [0.05, 0.1) is 0 Å². The van der Waals surface area contributed by atoms with E-state index < -0.39 is 0 Å². The van der Waals surface area contributed by atoms with Crippen molar-refractivity contribution in [3.63, 3.8) is 0 Å². The predicted octanol–water partition coefficient (Wildman–Crippen LogP) is 1.64. The highest BCUT2D eigenvalue weighted by molar-refractivity contribution is 5.82. The van der Waals surface area contributed by atoms with Crippen molar-refractivity contribution in [1.29, 1.82) is 0 Å². The molecule has 2 fully saturated rings. The molecule has 0 aromatic carbocycles. The van der Waals surface area contributed by atoms with E-state index in [4.69, 9.17) is 0 Å². The van der Waals surface area contributed by atoms with Crippen LogP contribution < -0.4 is 16.0 Å². The fourth-order valence-electron chi connectivity index (χ4n) is 3.82. The van der Waals surface area contributed by atoms with Gasteiger partial charge in [0.25, 0.3) is 0 Å². The summed E-state index contributed by atoms with van der Waals surface area (Å²) in [5.74, 6) is 1.32. The maximum absolute atomic E-state index is 12.7. The first-order chi connectivity index (χ1) is 13.0. The molecule has 0 radical (unpaired) electrons. The molecule has 1 aliphatic carbocycles. The van der Waals surface area contributed by atoms with Crippen LogP contribution in [0.3, 0.4) is 0 Å². The molecule has 7 nitrogen and oxygen atoms in total. The number of amides is 2. The van der Waals surface area contributed by atoms with Crippen LogP contribution in [-0.2, 0) is 9.59 Å². The van der Waals surface area contributed by atoms with E-state index in [1.807, 2.05) is 11.8 Å². The summed E-state index contributed by atoms with van der Waals surface area (Å²) in [6.45, 7) is 6.16. The lowest BCUT2D eigenvalue weighted by atomic mass is 9.88. The number of nitrogens with zero attached hydrogens (tertiary/aromatic N) is 2. The third-order valence-electron chi connectivity index (χ3n) is 5.68. The molecule has 0 spiro atoms. The molecule has 27 heavy (non-hydrogen) atoms. The van der Waals surface area contributed by atoms with Crippen molar-refractivity contribution >= 4 is 17.8 Å². The van der Waals surface area contributed by atoms with Gasteiger partial charge in [-0.05, 0) is 32.6 Å². The summed E-state index contributed by atoms with van der Waals surface area (Å²) in [4.78, 5) is 30.8. The number of aliphatic imine (C=N–C) groups is 1. The molecule has 2 unspecified atom stereocenters. The average molecular weight is 380 g/mol. The zero-order valence-corrected chi connectivity index (χ0v) is 17.2. The molecule has 1 saturated carbocycles. The number of guanidine groups is 1. The molecule has 2 atom stereocenters. The van der Waals surface area contributed by atoms with Gasteiger partial charge in [0.15, 0.2) is 5.96 Å². The van der Waals surface area contributed by atoms with Crippen molar-refractivity contribution in [2.24, 2.45) is 10.9 Å². The van der Waals surface area contributed by atoms with Crippen LogP contribution in [0, 0.1) is 5.92 Å². The largest absolute Gasteiger partial charge is 0.356 e. The smallest absolute Gasteiger partial charge is 0.225 e. The number of hydrogen-bond donors (Lipinski definition) is 3. The summed E-state index contributed by atoms with van der Waals surface area (Å²) in [6.07, 6.45) is 8.03. The minimum Gasteiger partial charge on any atom is -0.356 e. The maximum Gasteiger partial charge on any atom is 0.225 e. The Morgan fingerprint density at radius 1 is 1.19 bits per heavy atom. The lowest BCUT2D eigenvalue weighted by molar-refractivity contribution is -0.135. The first-order valence-corrected chi connectivity index (χ1v) is 10.6. The molecule has 0 bridgehead atoms. The number of carbonyl (C=O) groups excluding carboxylic acids is 2. The van der Waals surface area contributed by atoms with Crippen molar-refractivity contribution in [2.75, 3.05) is 26.7 Å². The zero-order chi connectivity index (χ0) is 19.6. The van der Waals surface area contributed by atoms with Gasteiger partial charge in [0.2, 0.25) is 11.8 Å². The topological polar surface area (TPSA) is 85.8 Å². The van der Waals surface area contributed by atoms with Gasteiger partial charge in [0.1, 0.15) is 0 Å².